The SMILES string of the molecule is CCCC(=O)N(C)[C@H](COCCCN1CCCC1)C(=O)N(C)[C@@H](CC(C)(C)O)C(N)=O. The quantitative estimate of drug-likeness (QED) is 0.380. The topological polar surface area (TPSA) is 116 Å². The molecule has 1 fully saturated rings. The third-order valence-corrected chi connectivity index (χ3v) is 5.68. The van der Waals surface area contributed by atoms with Crippen molar-refractivity contribution in [2.24, 2.45) is 5.73 Å². The standard InChI is InChI=1S/C22H42N4O5/c1-6-10-19(27)24(4)18(16-31-14-9-13-26-11-7-8-12-26)21(29)25(5)17(20(23)28)15-22(2,3)30/h17-18,30H,6-16H2,1-5H3,(H2,23,28)/t17-,18+/m0/s1. The predicted octanol–water partition coefficient (Wildman–Crippen LogP) is 0.589. The van der Waals surface area contributed by atoms with E-state index in [-0.39, 0.29) is 18.9 Å². The average molecular weight is 443 g/mol. The van der Waals surface area contributed by atoms with E-state index in [0.29, 0.717) is 19.4 Å². The fraction of sp³-hybridized carbons (Fsp3) is 0.864. The Balaban J connectivity index is 2.80. The van der Waals surface area contributed by atoms with Gasteiger partial charge in [-0.1, -0.05) is 6.92 Å². The van der Waals surface area contributed by atoms with Gasteiger partial charge >= 0.3 is 0 Å². The first-order valence-electron chi connectivity index (χ1n) is 11.3. The van der Waals surface area contributed by atoms with Crippen molar-refractivity contribution in [1.29, 1.82) is 0 Å². The van der Waals surface area contributed by atoms with Crippen LogP contribution >= 0.6 is 0 Å². The van der Waals surface area contributed by atoms with E-state index in [1.165, 1.54) is 29.7 Å². The summed E-state index contributed by atoms with van der Waals surface area (Å²) in [5.74, 6) is -1.29. The number of carbonyl (C=O) groups excluding carboxylic acids is 3. The zero-order valence-electron chi connectivity index (χ0n) is 19.9. The third kappa shape index (κ3) is 9.53. The van der Waals surface area contributed by atoms with Gasteiger partial charge in [0.15, 0.2) is 0 Å². The largest absolute Gasteiger partial charge is 0.390 e. The molecule has 0 spiro atoms. The van der Waals surface area contributed by atoms with Crippen LogP contribution in [-0.4, -0.2) is 102 Å². The summed E-state index contributed by atoms with van der Waals surface area (Å²) in [7, 11) is 3.05. The normalized spacial score (nSPS) is 16.7. The minimum Gasteiger partial charge on any atom is -0.390 e. The van der Waals surface area contributed by atoms with Gasteiger partial charge < -0.3 is 30.3 Å². The molecule has 0 aromatic carbocycles. The monoisotopic (exact) mass is 442 g/mol. The van der Waals surface area contributed by atoms with Crippen molar-refractivity contribution < 1.29 is 24.2 Å². The van der Waals surface area contributed by atoms with Crippen molar-refractivity contribution in [1.82, 2.24) is 14.7 Å². The van der Waals surface area contributed by atoms with Gasteiger partial charge in [-0.25, -0.2) is 0 Å². The molecule has 0 bridgehead atoms. The average Bonchev–Trinajstić information content (AvgIpc) is 3.20. The highest BCUT2D eigenvalue weighted by molar-refractivity contribution is 5.91. The highest BCUT2D eigenvalue weighted by atomic mass is 16.5. The van der Waals surface area contributed by atoms with E-state index in [1.807, 2.05) is 6.92 Å². The molecule has 1 aliphatic heterocycles. The van der Waals surface area contributed by atoms with Crippen LogP contribution in [0, 0.1) is 0 Å². The minimum absolute atomic E-state index is 0.000601. The number of likely N-dealkylation sites (tertiary alicyclic amines) is 1. The summed E-state index contributed by atoms with van der Waals surface area (Å²) in [6.45, 7) is 8.74. The van der Waals surface area contributed by atoms with Crippen LogP contribution in [0.5, 0.6) is 0 Å². The third-order valence-electron chi connectivity index (χ3n) is 5.68. The molecule has 2 atom stereocenters. The molecule has 0 saturated carbocycles. The van der Waals surface area contributed by atoms with E-state index in [4.69, 9.17) is 10.5 Å². The lowest BCUT2D eigenvalue weighted by Crippen LogP contribution is -2.56. The molecular weight excluding hydrogens is 400 g/mol. The van der Waals surface area contributed by atoms with Gasteiger partial charge in [-0.2, -0.15) is 0 Å². The summed E-state index contributed by atoms with van der Waals surface area (Å²) >= 11 is 0. The van der Waals surface area contributed by atoms with Crippen LogP contribution < -0.4 is 5.73 Å². The molecule has 3 N–H and O–H groups in total. The summed E-state index contributed by atoms with van der Waals surface area (Å²) < 4.78 is 5.78. The molecule has 3 amide bonds. The second-order valence-electron chi connectivity index (χ2n) is 9.13. The van der Waals surface area contributed by atoms with Gasteiger partial charge in [-0.15, -0.1) is 0 Å². The van der Waals surface area contributed by atoms with Crippen molar-refractivity contribution >= 4 is 17.7 Å². The zero-order chi connectivity index (χ0) is 23.6. The Morgan fingerprint density at radius 3 is 2.26 bits per heavy atom. The lowest BCUT2D eigenvalue weighted by Gasteiger charge is -2.35. The summed E-state index contributed by atoms with van der Waals surface area (Å²) in [6, 6.07) is -1.85. The first-order chi connectivity index (χ1) is 14.5. The number of primary amides is 1. The summed E-state index contributed by atoms with van der Waals surface area (Å²) in [4.78, 5) is 42.7. The van der Waals surface area contributed by atoms with Crippen LogP contribution in [0.4, 0.5) is 0 Å². The van der Waals surface area contributed by atoms with Crippen LogP contribution in [0.2, 0.25) is 0 Å². The van der Waals surface area contributed by atoms with Crippen LogP contribution in [0.15, 0.2) is 0 Å². The van der Waals surface area contributed by atoms with E-state index in [2.05, 4.69) is 4.90 Å². The van der Waals surface area contributed by atoms with Crippen LogP contribution in [0.1, 0.15) is 59.3 Å². The lowest BCUT2D eigenvalue weighted by molar-refractivity contribution is -0.150. The van der Waals surface area contributed by atoms with Crippen molar-refractivity contribution in [2.75, 3.05) is 46.9 Å². The van der Waals surface area contributed by atoms with Gasteiger partial charge in [-0.3, -0.25) is 14.4 Å². The van der Waals surface area contributed by atoms with Gasteiger partial charge in [0.05, 0.1) is 12.2 Å². The number of hydrogen-bond acceptors (Lipinski definition) is 6. The Morgan fingerprint density at radius 1 is 1.13 bits per heavy atom. The fourth-order valence-corrected chi connectivity index (χ4v) is 3.79. The molecule has 9 heteroatoms. The maximum absolute atomic E-state index is 13.3. The Morgan fingerprint density at radius 2 is 1.74 bits per heavy atom. The number of ether oxygens (including phenoxy) is 1. The molecule has 180 valence electrons. The van der Waals surface area contributed by atoms with Gasteiger partial charge in [0.25, 0.3) is 0 Å². The lowest BCUT2D eigenvalue weighted by atomic mass is 9.97. The van der Waals surface area contributed by atoms with E-state index < -0.39 is 29.5 Å². The van der Waals surface area contributed by atoms with E-state index in [1.54, 1.807) is 20.9 Å². The molecule has 0 radical (unpaired) electrons. The number of likely N-dealkylation sites (N-methyl/N-ethyl adjacent to an activating group) is 2. The predicted molar refractivity (Wildman–Crippen MR) is 119 cm³/mol. The Hall–Kier alpha value is -1.71. The highest BCUT2D eigenvalue weighted by Gasteiger charge is 2.36. The van der Waals surface area contributed by atoms with Crippen LogP contribution in [0.3, 0.4) is 0 Å². The smallest absolute Gasteiger partial charge is 0.248 e. The van der Waals surface area contributed by atoms with Gasteiger partial charge in [-0.05, 0) is 52.6 Å². The number of rotatable bonds is 14. The van der Waals surface area contributed by atoms with Crippen molar-refractivity contribution in [3.8, 4) is 0 Å². The Kier molecular flexibility index (Phi) is 11.4. The maximum atomic E-state index is 13.3. The maximum Gasteiger partial charge on any atom is 0.248 e. The summed E-state index contributed by atoms with van der Waals surface area (Å²) in [5.41, 5.74) is 4.32. The zero-order valence-corrected chi connectivity index (χ0v) is 19.9. The summed E-state index contributed by atoms with van der Waals surface area (Å²) in [6.07, 6.45) is 4.31. The minimum atomic E-state index is -1.18. The molecule has 1 aliphatic rings. The fourth-order valence-electron chi connectivity index (χ4n) is 3.79. The van der Waals surface area contributed by atoms with Crippen molar-refractivity contribution in [2.45, 2.75) is 77.0 Å². The molecule has 31 heavy (non-hydrogen) atoms. The summed E-state index contributed by atoms with van der Waals surface area (Å²) in [5, 5.41) is 10.1. The van der Waals surface area contributed by atoms with Gasteiger partial charge in [0, 0.05) is 40.1 Å². The highest BCUT2D eigenvalue weighted by Crippen LogP contribution is 2.17. The Labute approximate surface area is 186 Å². The number of nitrogens with two attached hydrogens (primary N) is 1. The number of carbonyl (C=O) groups is 3. The second kappa shape index (κ2) is 13.0. The van der Waals surface area contributed by atoms with Crippen LogP contribution in [-0.2, 0) is 19.1 Å². The first kappa shape index (κ1) is 27.3. The number of aliphatic hydroxyl groups is 1. The van der Waals surface area contributed by atoms with Gasteiger partial charge in [0.1, 0.15) is 12.1 Å². The van der Waals surface area contributed by atoms with Crippen molar-refractivity contribution in [3.63, 3.8) is 0 Å². The molecule has 1 saturated heterocycles. The van der Waals surface area contributed by atoms with E-state index in [0.717, 1.165) is 26.1 Å². The number of hydrogen-bond donors (Lipinski definition) is 2. The molecule has 9 nitrogen and oxygen atoms in total. The van der Waals surface area contributed by atoms with Gasteiger partial charge in [0.2, 0.25) is 17.7 Å². The molecule has 1 rings (SSSR count). The Bertz CT molecular complexity index is 587. The molecule has 0 aromatic rings. The number of nitrogens with zero attached hydrogens (tertiary/aromatic N) is 3. The molecule has 1 heterocycles. The van der Waals surface area contributed by atoms with Crippen LogP contribution in [0.25, 0.3) is 0 Å². The molecule has 0 unspecified atom stereocenters. The first-order valence-corrected chi connectivity index (χ1v) is 11.3. The molecular formula is C22H42N4O5. The molecule has 0 aliphatic carbocycles. The molecule has 0 aromatic heterocycles. The van der Waals surface area contributed by atoms with Crippen molar-refractivity contribution in [3.05, 3.63) is 0 Å². The van der Waals surface area contributed by atoms with E-state index >= 15 is 0 Å². The second-order valence-corrected chi connectivity index (χ2v) is 9.13. The van der Waals surface area contributed by atoms with E-state index in [9.17, 15) is 19.5 Å². The number of amides is 3.